The van der Waals surface area contributed by atoms with Crippen LogP contribution in [0.5, 0.6) is 23.0 Å². The average molecular weight is 568 g/mol. The number of nitrogens with zero attached hydrogens (tertiary/aromatic N) is 3. The van der Waals surface area contributed by atoms with E-state index in [-0.39, 0.29) is 45.6 Å². The van der Waals surface area contributed by atoms with E-state index in [1.807, 2.05) is 13.0 Å². The van der Waals surface area contributed by atoms with Crippen LogP contribution < -0.4 is 30.0 Å². The van der Waals surface area contributed by atoms with Crippen LogP contribution in [-0.4, -0.2) is 45.1 Å². The van der Waals surface area contributed by atoms with Crippen LogP contribution in [0.3, 0.4) is 0 Å². The maximum atomic E-state index is 12.7. The Kier molecular flexibility index (Phi) is 9.72. The number of nitrogens with one attached hydrogen (secondary N) is 1. The zero-order valence-corrected chi connectivity index (χ0v) is 23.5. The van der Waals surface area contributed by atoms with Crippen LogP contribution in [0.2, 0.25) is 5.02 Å². The number of aromatic nitrogens is 1. The fourth-order valence-corrected chi connectivity index (χ4v) is 4.89. The molecule has 1 amide bonds. The SMILES string of the molecule is COc1cc(Cl)c(C)cc1NC(=O)CCSc1nc(N)c(C#N)c(-c2cc(OC)c(OC)c(OC)c2)c1C#N. The first-order valence-corrected chi connectivity index (χ1v) is 12.8. The first-order valence-electron chi connectivity index (χ1n) is 11.4. The minimum Gasteiger partial charge on any atom is -0.495 e. The standard InChI is InChI=1S/C27H26ClN5O5S/c1-14-8-19(20(35-2)11-18(14)28)32-23(34)6-7-39-27-17(13-30)24(16(12-29)26(31)33-27)15-9-21(36-3)25(38-5)22(10-15)37-4/h8-11H,6-7H2,1-5H3,(H2,31,33)(H,32,34). The number of nitrogens with two attached hydrogens (primary N) is 1. The molecule has 0 unspecified atom stereocenters. The van der Waals surface area contributed by atoms with Crippen LogP contribution in [0, 0.1) is 29.6 Å². The molecule has 0 aliphatic rings. The van der Waals surface area contributed by atoms with Gasteiger partial charge in [-0.05, 0) is 36.2 Å². The van der Waals surface area contributed by atoms with E-state index in [1.165, 1.54) is 40.2 Å². The molecular formula is C27H26ClN5O5S. The van der Waals surface area contributed by atoms with E-state index in [2.05, 4.69) is 16.4 Å². The molecule has 1 heterocycles. The minimum absolute atomic E-state index is 0.0353. The van der Waals surface area contributed by atoms with Crippen molar-refractivity contribution in [2.75, 3.05) is 45.2 Å². The van der Waals surface area contributed by atoms with Crippen LogP contribution >= 0.6 is 23.4 Å². The van der Waals surface area contributed by atoms with E-state index < -0.39 is 0 Å². The molecule has 0 saturated heterocycles. The molecule has 10 nitrogen and oxygen atoms in total. The highest BCUT2D eigenvalue weighted by Crippen LogP contribution is 2.44. The number of methoxy groups -OCH3 is 4. The lowest BCUT2D eigenvalue weighted by Crippen LogP contribution is -2.13. The number of thioether (sulfide) groups is 1. The van der Waals surface area contributed by atoms with Gasteiger partial charge in [0.25, 0.3) is 0 Å². The molecule has 0 aliphatic carbocycles. The molecule has 0 spiro atoms. The Bertz CT molecular complexity index is 1470. The van der Waals surface area contributed by atoms with Crippen molar-refractivity contribution in [3.63, 3.8) is 0 Å². The fourth-order valence-electron chi connectivity index (χ4n) is 3.80. The van der Waals surface area contributed by atoms with Gasteiger partial charge in [0.05, 0.1) is 39.7 Å². The summed E-state index contributed by atoms with van der Waals surface area (Å²) < 4.78 is 21.6. The van der Waals surface area contributed by atoms with Gasteiger partial charge in [0.1, 0.15) is 34.3 Å². The van der Waals surface area contributed by atoms with Crippen molar-refractivity contribution in [3.05, 3.63) is 46.0 Å². The minimum atomic E-state index is -0.271. The fraction of sp³-hybridized carbons (Fsp3) is 0.259. The van der Waals surface area contributed by atoms with E-state index in [4.69, 9.17) is 36.3 Å². The van der Waals surface area contributed by atoms with Crippen molar-refractivity contribution in [1.82, 2.24) is 4.98 Å². The Morgan fingerprint density at radius 2 is 1.62 bits per heavy atom. The number of rotatable bonds is 10. The van der Waals surface area contributed by atoms with Crippen molar-refractivity contribution < 1.29 is 23.7 Å². The smallest absolute Gasteiger partial charge is 0.225 e. The van der Waals surface area contributed by atoms with E-state index in [9.17, 15) is 15.3 Å². The van der Waals surface area contributed by atoms with E-state index in [1.54, 1.807) is 24.3 Å². The summed E-state index contributed by atoms with van der Waals surface area (Å²) in [5.74, 6) is 1.44. The summed E-state index contributed by atoms with van der Waals surface area (Å²) in [7, 11) is 5.89. The van der Waals surface area contributed by atoms with Gasteiger partial charge in [-0.1, -0.05) is 11.6 Å². The Hall–Kier alpha value is -4.32. The molecule has 3 aromatic rings. The Morgan fingerprint density at radius 1 is 1.00 bits per heavy atom. The number of aryl methyl sites for hydroxylation is 1. The van der Waals surface area contributed by atoms with Crippen LogP contribution in [-0.2, 0) is 4.79 Å². The van der Waals surface area contributed by atoms with Crippen molar-refractivity contribution in [3.8, 4) is 46.3 Å². The number of carbonyl (C=O) groups excluding carboxylic acids is 1. The van der Waals surface area contributed by atoms with Crippen molar-refractivity contribution in [1.29, 1.82) is 10.5 Å². The second-order valence-corrected chi connectivity index (χ2v) is 9.50. The number of ether oxygens (including phenoxy) is 4. The highest BCUT2D eigenvalue weighted by atomic mass is 35.5. The molecule has 0 fully saturated rings. The predicted molar refractivity (Wildman–Crippen MR) is 150 cm³/mol. The van der Waals surface area contributed by atoms with Crippen molar-refractivity contribution in [2.24, 2.45) is 0 Å². The van der Waals surface area contributed by atoms with Gasteiger partial charge < -0.3 is 30.0 Å². The van der Waals surface area contributed by atoms with Gasteiger partial charge in [0.15, 0.2) is 11.5 Å². The van der Waals surface area contributed by atoms with E-state index >= 15 is 0 Å². The van der Waals surface area contributed by atoms with Crippen LogP contribution in [0.1, 0.15) is 23.1 Å². The number of carbonyl (C=O) groups is 1. The molecule has 3 N–H and O–H groups in total. The number of amides is 1. The van der Waals surface area contributed by atoms with Crippen LogP contribution in [0.4, 0.5) is 11.5 Å². The lowest BCUT2D eigenvalue weighted by molar-refractivity contribution is -0.115. The summed E-state index contributed by atoms with van der Waals surface area (Å²) in [5.41, 5.74) is 8.33. The second-order valence-electron chi connectivity index (χ2n) is 8.01. The van der Waals surface area contributed by atoms with Crippen molar-refractivity contribution in [2.45, 2.75) is 18.4 Å². The number of anilines is 2. The molecule has 202 valence electrons. The van der Waals surface area contributed by atoms with Gasteiger partial charge in [-0.25, -0.2) is 4.98 Å². The second kappa shape index (κ2) is 13.0. The zero-order chi connectivity index (χ0) is 28.7. The number of nitriles is 2. The Balaban J connectivity index is 1.93. The third kappa shape index (κ3) is 6.23. The highest BCUT2D eigenvalue weighted by Gasteiger charge is 2.24. The molecule has 0 atom stereocenters. The zero-order valence-electron chi connectivity index (χ0n) is 22.0. The summed E-state index contributed by atoms with van der Waals surface area (Å²) in [6.07, 6.45) is 0.0987. The molecule has 39 heavy (non-hydrogen) atoms. The third-order valence-electron chi connectivity index (χ3n) is 5.69. The molecule has 12 heteroatoms. The highest BCUT2D eigenvalue weighted by molar-refractivity contribution is 7.99. The van der Waals surface area contributed by atoms with Gasteiger partial charge in [0.2, 0.25) is 11.7 Å². The first-order chi connectivity index (χ1) is 18.7. The van der Waals surface area contributed by atoms with Gasteiger partial charge in [-0.3, -0.25) is 4.79 Å². The van der Waals surface area contributed by atoms with Crippen LogP contribution in [0.25, 0.3) is 11.1 Å². The average Bonchev–Trinajstić information content (AvgIpc) is 2.93. The van der Waals surface area contributed by atoms with Crippen molar-refractivity contribution >= 4 is 40.8 Å². The molecule has 1 aromatic heterocycles. The lowest BCUT2D eigenvalue weighted by Gasteiger charge is -2.17. The summed E-state index contributed by atoms with van der Waals surface area (Å²) in [5, 5.41) is 23.6. The van der Waals surface area contributed by atoms with E-state index in [0.717, 1.165) is 5.56 Å². The molecule has 2 aromatic carbocycles. The summed E-state index contributed by atoms with van der Waals surface area (Å²) in [6, 6.07) is 10.8. The lowest BCUT2D eigenvalue weighted by atomic mass is 9.96. The molecule has 0 saturated carbocycles. The number of pyridine rings is 1. The van der Waals surface area contributed by atoms with E-state index in [0.29, 0.717) is 39.3 Å². The van der Waals surface area contributed by atoms with Gasteiger partial charge in [-0.15, -0.1) is 11.8 Å². The van der Waals surface area contributed by atoms with Gasteiger partial charge in [0, 0.05) is 28.8 Å². The van der Waals surface area contributed by atoms with Gasteiger partial charge in [-0.2, -0.15) is 10.5 Å². The number of hydrogen-bond acceptors (Lipinski definition) is 10. The molecule has 0 bridgehead atoms. The normalized spacial score (nSPS) is 10.3. The number of hydrogen-bond donors (Lipinski definition) is 2. The molecular weight excluding hydrogens is 542 g/mol. The van der Waals surface area contributed by atoms with Crippen LogP contribution in [0.15, 0.2) is 29.3 Å². The summed E-state index contributed by atoms with van der Waals surface area (Å²) in [6.45, 7) is 1.82. The maximum Gasteiger partial charge on any atom is 0.225 e. The topological polar surface area (TPSA) is 153 Å². The Labute approximate surface area is 235 Å². The van der Waals surface area contributed by atoms with Gasteiger partial charge >= 0.3 is 0 Å². The monoisotopic (exact) mass is 567 g/mol. The molecule has 0 aliphatic heterocycles. The Morgan fingerprint density at radius 3 is 2.15 bits per heavy atom. The largest absolute Gasteiger partial charge is 0.495 e. The number of nitrogen functional groups attached to an aromatic ring is 1. The first kappa shape index (κ1) is 29.2. The predicted octanol–water partition coefficient (Wildman–Crippen LogP) is 5.19. The number of halogens is 1. The number of benzene rings is 2. The summed E-state index contributed by atoms with van der Waals surface area (Å²) >= 11 is 7.31. The molecule has 0 radical (unpaired) electrons. The summed E-state index contributed by atoms with van der Waals surface area (Å²) in [4.78, 5) is 17.0. The quantitative estimate of drug-likeness (QED) is 0.313. The third-order valence-corrected chi connectivity index (χ3v) is 7.08. The molecule has 3 rings (SSSR count). The maximum absolute atomic E-state index is 12.7.